The maximum absolute atomic E-state index is 11.3. The molecule has 0 aliphatic rings. The van der Waals surface area contributed by atoms with Crippen molar-refractivity contribution in [3.05, 3.63) is 156 Å². The number of rotatable bonds is 7. The Morgan fingerprint density at radius 1 is 0.510 bits per heavy atom. The lowest BCUT2D eigenvalue weighted by molar-refractivity contribution is 0.476. The summed E-state index contributed by atoms with van der Waals surface area (Å²) in [6, 6.07) is 43.9. The number of hydrogen-bond acceptors (Lipinski definition) is 4. The molecule has 0 amide bonds. The van der Waals surface area contributed by atoms with E-state index >= 15 is 0 Å². The van der Waals surface area contributed by atoms with Gasteiger partial charge in [0.05, 0.1) is 11.4 Å². The molecule has 0 saturated carbocycles. The first-order chi connectivity index (χ1) is 23.2. The summed E-state index contributed by atoms with van der Waals surface area (Å²) < 4.78 is 0. The van der Waals surface area contributed by atoms with E-state index in [2.05, 4.69) is 145 Å². The number of aromatic nitrogens is 2. The lowest BCUT2D eigenvalue weighted by atomic mass is 9.77. The van der Waals surface area contributed by atoms with Gasteiger partial charge in [0.15, 0.2) is 0 Å². The summed E-state index contributed by atoms with van der Waals surface area (Å²) in [7, 11) is 0. The number of hydrogen-bond donors (Lipinski definition) is 1. The van der Waals surface area contributed by atoms with Gasteiger partial charge < -0.3 is 5.11 Å². The number of pyridine rings is 2. The summed E-state index contributed by atoms with van der Waals surface area (Å²) in [5, 5.41) is 11.3. The summed E-state index contributed by atoms with van der Waals surface area (Å²) in [4.78, 5) is 12.3. The maximum atomic E-state index is 11.3. The van der Waals surface area contributed by atoms with Gasteiger partial charge in [-0.25, -0.2) is 9.97 Å². The van der Waals surface area contributed by atoms with Crippen molar-refractivity contribution in [3.63, 3.8) is 0 Å². The molecule has 4 heteroatoms. The Balaban J connectivity index is 1.57. The van der Waals surface area contributed by atoms with Gasteiger partial charge in [-0.05, 0) is 99.8 Å². The van der Waals surface area contributed by atoms with Crippen LogP contribution in [0.2, 0.25) is 0 Å². The van der Waals surface area contributed by atoms with Gasteiger partial charge in [-0.15, -0.1) is 0 Å². The molecule has 0 bridgehead atoms. The number of benzene rings is 4. The fraction of sp³-hybridized carbons (Fsp3) is 0.244. The first-order valence-electron chi connectivity index (χ1n) is 17.1. The molecule has 0 radical (unpaired) electrons. The summed E-state index contributed by atoms with van der Waals surface area (Å²) >= 11 is 0. The molecule has 0 aliphatic carbocycles. The Labute approximate surface area is 292 Å². The quantitative estimate of drug-likeness (QED) is 0.188. The first kappa shape index (κ1) is 33.7. The second kappa shape index (κ2) is 13.0. The van der Waals surface area contributed by atoms with Gasteiger partial charge in [-0.3, -0.25) is 4.90 Å². The second-order valence-electron chi connectivity index (χ2n) is 15.5. The lowest BCUT2D eigenvalue weighted by Crippen LogP contribution is -2.18. The summed E-state index contributed by atoms with van der Waals surface area (Å²) in [5.41, 5.74) is 9.48. The van der Waals surface area contributed by atoms with Crippen LogP contribution < -0.4 is 4.90 Å². The van der Waals surface area contributed by atoms with E-state index in [1.54, 1.807) is 0 Å². The molecular formula is C45H47N3O. The molecular weight excluding hydrogens is 599 g/mol. The lowest BCUT2D eigenvalue weighted by Gasteiger charge is -2.28. The largest absolute Gasteiger partial charge is 0.507 e. The minimum atomic E-state index is -0.267. The summed E-state index contributed by atoms with van der Waals surface area (Å²) in [6.45, 7) is 17.8. The number of nitrogens with zero attached hydrogens (tertiary/aromatic N) is 3. The highest BCUT2D eigenvalue weighted by molar-refractivity contribution is 5.80. The predicted molar refractivity (Wildman–Crippen MR) is 205 cm³/mol. The van der Waals surface area contributed by atoms with Crippen molar-refractivity contribution in [2.75, 3.05) is 4.90 Å². The Morgan fingerprint density at radius 2 is 1.12 bits per heavy atom. The van der Waals surface area contributed by atoms with E-state index in [1.165, 1.54) is 11.1 Å². The van der Waals surface area contributed by atoms with Gasteiger partial charge in [0.1, 0.15) is 11.6 Å². The number of phenols is 1. The zero-order chi connectivity index (χ0) is 35.0. The van der Waals surface area contributed by atoms with Gasteiger partial charge in [0.2, 0.25) is 0 Å². The van der Waals surface area contributed by atoms with E-state index in [-0.39, 0.29) is 22.0 Å². The van der Waals surface area contributed by atoms with E-state index in [9.17, 15) is 5.11 Å². The number of para-hydroxylation sites is 1. The minimum Gasteiger partial charge on any atom is -0.507 e. The smallest absolute Gasteiger partial charge is 0.137 e. The highest BCUT2D eigenvalue weighted by Crippen LogP contribution is 2.42. The summed E-state index contributed by atoms with van der Waals surface area (Å²) in [6.07, 6.45) is 1.83. The number of aromatic hydroxyl groups is 1. The molecule has 6 rings (SSSR count). The molecule has 4 aromatic carbocycles. The molecule has 2 aromatic heterocycles. The van der Waals surface area contributed by atoms with Crippen LogP contribution in [-0.2, 0) is 16.2 Å². The molecule has 0 unspecified atom stereocenters. The van der Waals surface area contributed by atoms with Gasteiger partial charge in [-0.2, -0.15) is 0 Å². The van der Waals surface area contributed by atoms with Gasteiger partial charge in [0.25, 0.3) is 0 Å². The van der Waals surface area contributed by atoms with Gasteiger partial charge in [0, 0.05) is 34.1 Å². The highest BCUT2D eigenvalue weighted by Gasteiger charge is 2.26. The topological polar surface area (TPSA) is 49.3 Å². The fourth-order valence-electron chi connectivity index (χ4n) is 6.20. The first-order valence-corrected chi connectivity index (χ1v) is 17.1. The molecule has 0 aliphatic heterocycles. The standard InChI is InChI=1S/C45H47N3O/c1-43(2,3)34-25-31(26-37(27-34)48(36-19-13-10-14-20-36)42-21-15-16-24-46-42)39-29-35(44(4,5)6)30-40(47-39)38-28-33(22-23-41(38)49)45(7,8)32-17-11-9-12-18-32/h9-30,49H,1-8H3. The van der Waals surface area contributed by atoms with Crippen LogP contribution in [0.4, 0.5) is 17.2 Å². The van der Waals surface area contributed by atoms with Crippen molar-refractivity contribution in [2.45, 2.75) is 71.6 Å². The molecule has 2 heterocycles. The van der Waals surface area contributed by atoms with Gasteiger partial charge >= 0.3 is 0 Å². The number of anilines is 3. The van der Waals surface area contributed by atoms with Crippen LogP contribution >= 0.6 is 0 Å². The zero-order valence-corrected chi connectivity index (χ0v) is 30.0. The van der Waals surface area contributed by atoms with Crippen LogP contribution in [-0.4, -0.2) is 15.1 Å². The van der Waals surface area contributed by atoms with Crippen LogP contribution in [0, 0.1) is 0 Å². The molecule has 0 atom stereocenters. The van der Waals surface area contributed by atoms with Crippen molar-refractivity contribution in [3.8, 4) is 28.3 Å². The molecule has 4 nitrogen and oxygen atoms in total. The molecule has 0 fully saturated rings. The van der Waals surface area contributed by atoms with Crippen molar-refractivity contribution in [1.82, 2.24) is 9.97 Å². The van der Waals surface area contributed by atoms with Crippen molar-refractivity contribution in [1.29, 1.82) is 0 Å². The van der Waals surface area contributed by atoms with Crippen molar-refractivity contribution in [2.24, 2.45) is 0 Å². The third-order valence-electron chi connectivity index (χ3n) is 9.41. The molecule has 248 valence electrons. The summed E-state index contributed by atoms with van der Waals surface area (Å²) in [5.74, 6) is 1.05. The van der Waals surface area contributed by atoms with E-state index in [0.29, 0.717) is 0 Å². The predicted octanol–water partition coefficient (Wildman–Crippen LogP) is 11.9. The van der Waals surface area contributed by atoms with E-state index in [4.69, 9.17) is 9.97 Å². The average Bonchev–Trinajstić information content (AvgIpc) is 3.09. The van der Waals surface area contributed by atoms with E-state index in [0.717, 1.165) is 50.8 Å². The monoisotopic (exact) mass is 645 g/mol. The fourth-order valence-corrected chi connectivity index (χ4v) is 6.20. The Bertz CT molecular complexity index is 2020. The molecule has 49 heavy (non-hydrogen) atoms. The van der Waals surface area contributed by atoms with Crippen LogP contribution in [0.25, 0.3) is 22.5 Å². The van der Waals surface area contributed by atoms with E-state index in [1.807, 2.05) is 48.7 Å². The minimum absolute atomic E-state index is 0.128. The second-order valence-corrected chi connectivity index (χ2v) is 15.5. The van der Waals surface area contributed by atoms with Crippen LogP contribution in [0.1, 0.15) is 77.6 Å². The van der Waals surface area contributed by atoms with Crippen LogP contribution in [0.15, 0.2) is 134 Å². The van der Waals surface area contributed by atoms with Crippen LogP contribution in [0.3, 0.4) is 0 Å². The maximum Gasteiger partial charge on any atom is 0.137 e. The zero-order valence-electron chi connectivity index (χ0n) is 30.0. The Hall–Kier alpha value is -5.22. The van der Waals surface area contributed by atoms with Crippen LogP contribution in [0.5, 0.6) is 5.75 Å². The van der Waals surface area contributed by atoms with Crippen molar-refractivity contribution >= 4 is 17.2 Å². The molecule has 0 saturated heterocycles. The van der Waals surface area contributed by atoms with E-state index < -0.39 is 0 Å². The van der Waals surface area contributed by atoms with Crippen molar-refractivity contribution < 1.29 is 5.11 Å². The normalized spacial score (nSPS) is 12.2. The average molecular weight is 646 g/mol. The molecule has 0 spiro atoms. The highest BCUT2D eigenvalue weighted by atomic mass is 16.3. The SMILES string of the molecule is CC(C)(C)c1cc(-c2cc(C(C)(C)C)cc(-c3cc(C(C)(C)c4ccccc4)ccc3O)n2)cc(N(c2ccccc2)c2ccccn2)c1. The number of phenolic OH excluding ortho intramolecular Hbond substituents is 1. The third-order valence-corrected chi connectivity index (χ3v) is 9.41. The Kier molecular flexibility index (Phi) is 8.94. The third kappa shape index (κ3) is 7.15. The molecule has 6 aromatic rings. The molecule has 1 N–H and O–H groups in total. The Morgan fingerprint density at radius 3 is 1.76 bits per heavy atom. The van der Waals surface area contributed by atoms with Gasteiger partial charge in [-0.1, -0.05) is 116 Å².